The Morgan fingerprint density at radius 3 is 2.41 bits per heavy atom. The van der Waals surface area contributed by atoms with Crippen LogP contribution in [0.15, 0.2) is 52.9 Å². The first kappa shape index (κ1) is 20.2. The number of halogens is 3. The smallest absolute Gasteiger partial charge is 0.416 e. The Bertz CT molecular complexity index is 1010. The number of aromatic nitrogens is 2. The summed E-state index contributed by atoms with van der Waals surface area (Å²) in [5.41, 5.74) is 0.966. The molecule has 0 radical (unpaired) electrons. The Balaban J connectivity index is 1.82. The highest BCUT2D eigenvalue weighted by Crippen LogP contribution is 2.32. The van der Waals surface area contributed by atoms with Crippen LogP contribution in [0.2, 0.25) is 0 Å². The molecule has 0 spiro atoms. The van der Waals surface area contributed by atoms with Gasteiger partial charge in [-0.15, -0.1) is 10.2 Å². The van der Waals surface area contributed by atoms with Gasteiger partial charge in [0.1, 0.15) is 6.54 Å². The lowest BCUT2D eigenvalue weighted by Gasteiger charge is -2.16. The molecule has 0 saturated heterocycles. The fourth-order valence-electron chi connectivity index (χ4n) is 2.58. The molecule has 1 heterocycles. The highest BCUT2D eigenvalue weighted by atomic mass is 19.4. The molecule has 9 heteroatoms. The number of nitrogens with zero attached hydrogens (tertiary/aromatic N) is 4. The molecule has 29 heavy (non-hydrogen) atoms. The van der Waals surface area contributed by atoms with E-state index in [1.54, 1.807) is 24.3 Å². The van der Waals surface area contributed by atoms with E-state index in [-0.39, 0.29) is 18.5 Å². The first-order valence-corrected chi connectivity index (χ1v) is 8.80. The standard InChI is InChI=1S/C20H18F3N5O/c1-13(2)28(12-24)11-18-26-27-19(29-18)16-5-3-4-6-17(16)25-15-9-7-14(8-10-15)20(21,22)23/h3-10,13,25H,11H2,1-2H3. The normalized spacial score (nSPS) is 11.3. The molecule has 2 aromatic carbocycles. The van der Waals surface area contributed by atoms with Gasteiger partial charge in [-0.25, -0.2) is 0 Å². The van der Waals surface area contributed by atoms with Gasteiger partial charge in [-0.05, 0) is 50.2 Å². The summed E-state index contributed by atoms with van der Waals surface area (Å²) in [6.45, 7) is 3.95. The van der Waals surface area contributed by atoms with Gasteiger partial charge < -0.3 is 9.73 Å². The van der Waals surface area contributed by atoms with E-state index >= 15 is 0 Å². The second-order valence-electron chi connectivity index (χ2n) is 6.57. The minimum absolute atomic E-state index is 0.0102. The van der Waals surface area contributed by atoms with Crippen LogP contribution in [0.3, 0.4) is 0 Å². The highest BCUT2D eigenvalue weighted by Gasteiger charge is 2.30. The summed E-state index contributed by atoms with van der Waals surface area (Å²) < 4.78 is 43.9. The van der Waals surface area contributed by atoms with E-state index in [1.807, 2.05) is 13.8 Å². The summed E-state index contributed by atoms with van der Waals surface area (Å²) in [6.07, 6.45) is -2.31. The van der Waals surface area contributed by atoms with Gasteiger partial charge >= 0.3 is 6.18 Å². The van der Waals surface area contributed by atoms with E-state index in [0.717, 1.165) is 12.1 Å². The van der Waals surface area contributed by atoms with Crippen LogP contribution in [-0.4, -0.2) is 21.1 Å². The van der Waals surface area contributed by atoms with Crippen molar-refractivity contribution in [3.63, 3.8) is 0 Å². The highest BCUT2D eigenvalue weighted by molar-refractivity contribution is 5.76. The third-order valence-electron chi connectivity index (χ3n) is 4.17. The summed E-state index contributed by atoms with van der Waals surface area (Å²) in [7, 11) is 0. The molecular weight excluding hydrogens is 383 g/mol. The van der Waals surface area contributed by atoms with Crippen LogP contribution in [0, 0.1) is 11.5 Å². The van der Waals surface area contributed by atoms with E-state index in [9.17, 15) is 13.2 Å². The monoisotopic (exact) mass is 401 g/mol. The average molecular weight is 401 g/mol. The molecule has 150 valence electrons. The molecule has 0 aliphatic carbocycles. The number of nitrogens with one attached hydrogen (secondary N) is 1. The third-order valence-corrected chi connectivity index (χ3v) is 4.17. The number of hydrogen-bond acceptors (Lipinski definition) is 6. The van der Waals surface area contributed by atoms with Gasteiger partial charge in [0.2, 0.25) is 11.8 Å². The molecule has 0 amide bonds. The van der Waals surface area contributed by atoms with Crippen LogP contribution in [0.5, 0.6) is 0 Å². The van der Waals surface area contributed by atoms with Crippen LogP contribution < -0.4 is 5.32 Å². The van der Waals surface area contributed by atoms with Crippen molar-refractivity contribution < 1.29 is 17.6 Å². The second kappa shape index (κ2) is 8.22. The van der Waals surface area contributed by atoms with Crippen LogP contribution in [0.25, 0.3) is 11.5 Å². The maximum absolute atomic E-state index is 12.7. The predicted molar refractivity (Wildman–Crippen MR) is 101 cm³/mol. The van der Waals surface area contributed by atoms with Crippen molar-refractivity contribution in [1.82, 2.24) is 15.1 Å². The quantitative estimate of drug-likeness (QED) is 0.452. The summed E-state index contributed by atoms with van der Waals surface area (Å²) in [5, 5.41) is 20.3. The summed E-state index contributed by atoms with van der Waals surface area (Å²) in [4.78, 5) is 1.50. The van der Waals surface area contributed by atoms with Crippen molar-refractivity contribution in [2.24, 2.45) is 0 Å². The first-order valence-electron chi connectivity index (χ1n) is 8.80. The minimum atomic E-state index is -4.39. The van der Waals surface area contributed by atoms with Crippen molar-refractivity contribution in [3.8, 4) is 17.6 Å². The predicted octanol–water partition coefficient (Wildman–Crippen LogP) is 5.19. The Morgan fingerprint density at radius 2 is 1.79 bits per heavy atom. The molecule has 0 aliphatic heterocycles. The largest absolute Gasteiger partial charge is 0.419 e. The molecule has 1 N–H and O–H groups in total. The number of nitriles is 1. The topological polar surface area (TPSA) is 78.0 Å². The molecule has 3 aromatic rings. The SMILES string of the molecule is CC(C)N(C#N)Cc1nnc(-c2ccccc2Nc2ccc(C(F)(F)F)cc2)o1. The zero-order valence-corrected chi connectivity index (χ0v) is 15.7. The number of anilines is 2. The molecule has 0 bridgehead atoms. The van der Waals surface area contributed by atoms with E-state index in [4.69, 9.17) is 9.68 Å². The van der Waals surface area contributed by atoms with Crippen LogP contribution >= 0.6 is 0 Å². The summed E-state index contributed by atoms with van der Waals surface area (Å²) in [5.74, 6) is 0.538. The van der Waals surface area contributed by atoms with E-state index < -0.39 is 11.7 Å². The lowest BCUT2D eigenvalue weighted by molar-refractivity contribution is -0.137. The van der Waals surface area contributed by atoms with E-state index in [0.29, 0.717) is 22.8 Å². The maximum atomic E-state index is 12.7. The number of benzene rings is 2. The minimum Gasteiger partial charge on any atom is -0.419 e. The average Bonchev–Trinajstić information content (AvgIpc) is 3.14. The summed E-state index contributed by atoms with van der Waals surface area (Å²) in [6, 6.07) is 11.8. The lowest BCUT2D eigenvalue weighted by atomic mass is 10.1. The second-order valence-corrected chi connectivity index (χ2v) is 6.57. The fourth-order valence-corrected chi connectivity index (χ4v) is 2.58. The Morgan fingerprint density at radius 1 is 1.10 bits per heavy atom. The van der Waals surface area contributed by atoms with Crippen LogP contribution in [0.4, 0.5) is 24.5 Å². The van der Waals surface area contributed by atoms with Gasteiger partial charge in [0.05, 0.1) is 16.8 Å². The van der Waals surface area contributed by atoms with Gasteiger partial charge in [0, 0.05) is 11.7 Å². The molecular formula is C20H18F3N5O. The number of para-hydroxylation sites is 1. The number of rotatable bonds is 6. The van der Waals surface area contributed by atoms with E-state index in [1.165, 1.54) is 17.0 Å². The molecule has 0 atom stereocenters. The Labute approximate surface area is 165 Å². The van der Waals surface area contributed by atoms with Gasteiger partial charge in [0.25, 0.3) is 0 Å². The number of alkyl halides is 3. The molecule has 0 fully saturated rings. The van der Waals surface area contributed by atoms with Crippen molar-refractivity contribution in [3.05, 3.63) is 60.0 Å². The van der Waals surface area contributed by atoms with Gasteiger partial charge in [-0.1, -0.05) is 12.1 Å². The van der Waals surface area contributed by atoms with Gasteiger partial charge in [-0.3, -0.25) is 4.90 Å². The molecule has 6 nitrogen and oxygen atoms in total. The Hall–Kier alpha value is -3.54. The maximum Gasteiger partial charge on any atom is 0.416 e. The van der Waals surface area contributed by atoms with Crippen molar-refractivity contribution in [2.45, 2.75) is 32.6 Å². The van der Waals surface area contributed by atoms with E-state index in [2.05, 4.69) is 21.7 Å². The fraction of sp³-hybridized carbons (Fsp3) is 0.250. The van der Waals surface area contributed by atoms with Gasteiger partial charge in [-0.2, -0.15) is 18.4 Å². The Kier molecular flexibility index (Phi) is 5.73. The zero-order valence-electron chi connectivity index (χ0n) is 15.7. The zero-order chi connectivity index (χ0) is 21.0. The third kappa shape index (κ3) is 4.85. The first-order chi connectivity index (χ1) is 13.8. The van der Waals surface area contributed by atoms with Crippen molar-refractivity contribution in [1.29, 1.82) is 5.26 Å². The molecule has 1 aromatic heterocycles. The van der Waals surface area contributed by atoms with Gasteiger partial charge in [0.15, 0.2) is 6.19 Å². The molecule has 0 aliphatic rings. The number of hydrogen-bond donors (Lipinski definition) is 1. The van der Waals surface area contributed by atoms with Crippen LogP contribution in [-0.2, 0) is 12.7 Å². The molecule has 0 unspecified atom stereocenters. The van der Waals surface area contributed by atoms with Crippen molar-refractivity contribution in [2.75, 3.05) is 5.32 Å². The molecule has 0 saturated carbocycles. The summed E-state index contributed by atoms with van der Waals surface area (Å²) >= 11 is 0. The van der Waals surface area contributed by atoms with Crippen molar-refractivity contribution >= 4 is 11.4 Å². The molecule has 3 rings (SSSR count). The van der Waals surface area contributed by atoms with Crippen LogP contribution in [0.1, 0.15) is 25.3 Å². The lowest BCUT2D eigenvalue weighted by Crippen LogP contribution is -2.25.